The van der Waals surface area contributed by atoms with Crippen LogP contribution in [0.5, 0.6) is 0 Å². The third-order valence-corrected chi connectivity index (χ3v) is 7.31. The lowest BCUT2D eigenvalue weighted by Gasteiger charge is -2.44. The van der Waals surface area contributed by atoms with Crippen LogP contribution >= 0.6 is 11.8 Å². The van der Waals surface area contributed by atoms with Crippen LogP contribution in [0.15, 0.2) is 41.1 Å². The van der Waals surface area contributed by atoms with E-state index in [9.17, 15) is 34.9 Å². The van der Waals surface area contributed by atoms with Gasteiger partial charge in [-0.3, -0.25) is 14.9 Å². The molecular formula is C22H23N5O8S. The van der Waals surface area contributed by atoms with Crippen LogP contribution in [0.3, 0.4) is 0 Å². The quantitative estimate of drug-likeness (QED) is 0.213. The summed E-state index contributed by atoms with van der Waals surface area (Å²) in [6, 6.07) is 5.19. The maximum atomic E-state index is 13.0. The minimum absolute atomic E-state index is 0.0891. The van der Waals surface area contributed by atoms with Gasteiger partial charge in [-0.05, 0) is 29.5 Å². The van der Waals surface area contributed by atoms with Crippen molar-refractivity contribution in [2.24, 2.45) is 5.92 Å². The molecular weight excluding hydrogens is 494 g/mol. The summed E-state index contributed by atoms with van der Waals surface area (Å²) in [4.78, 5) is 52.7. The number of amides is 1. The summed E-state index contributed by atoms with van der Waals surface area (Å²) < 4.78 is 6.89. The van der Waals surface area contributed by atoms with Gasteiger partial charge in [-0.25, -0.2) is 14.3 Å². The third kappa shape index (κ3) is 4.68. The second-order valence-electron chi connectivity index (χ2n) is 8.44. The third-order valence-electron chi connectivity index (χ3n) is 6.21. The largest absolute Gasteiger partial charge is 0.456 e. The highest BCUT2D eigenvalue weighted by atomic mass is 32.2. The number of carbonyl (C=O) groups is 2. The van der Waals surface area contributed by atoms with Gasteiger partial charge in [0.15, 0.2) is 5.82 Å². The first kappa shape index (κ1) is 25.3. The number of carbonyl (C=O) groups excluding carboxylic acids is 2. The van der Waals surface area contributed by atoms with E-state index in [-0.39, 0.29) is 42.3 Å². The molecule has 0 aliphatic carbocycles. The van der Waals surface area contributed by atoms with E-state index in [0.29, 0.717) is 28.5 Å². The number of imidazole rings is 1. The molecule has 1 amide bonds. The number of nitro benzene ring substituents is 1. The van der Waals surface area contributed by atoms with E-state index in [2.05, 4.69) is 4.98 Å². The highest BCUT2D eigenvalue weighted by molar-refractivity contribution is 8.03. The van der Waals surface area contributed by atoms with Crippen molar-refractivity contribution >= 4 is 35.1 Å². The Balaban J connectivity index is 1.49. The molecule has 0 radical (unpaired) electrons. The van der Waals surface area contributed by atoms with Crippen LogP contribution in [0.1, 0.15) is 24.7 Å². The summed E-state index contributed by atoms with van der Waals surface area (Å²) >= 11 is 1.30. The number of aromatic nitrogens is 2. The van der Waals surface area contributed by atoms with Gasteiger partial charge >= 0.3 is 11.8 Å². The molecule has 1 saturated heterocycles. The normalized spacial score (nSPS) is 19.6. The maximum absolute atomic E-state index is 13.0. The van der Waals surface area contributed by atoms with Crippen LogP contribution in [-0.4, -0.2) is 59.2 Å². The van der Waals surface area contributed by atoms with Gasteiger partial charge in [0.1, 0.15) is 25.0 Å². The molecule has 13 nitrogen and oxygen atoms in total. The molecule has 1 N–H and O–H groups in total. The number of esters is 1. The zero-order valence-electron chi connectivity index (χ0n) is 19.4. The topological polar surface area (TPSA) is 171 Å². The average molecular weight is 518 g/mol. The Bertz CT molecular complexity index is 1260. The molecule has 36 heavy (non-hydrogen) atoms. The van der Waals surface area contributed by atoms with Gasteiger partial charge in [-0.1, -0.05) is 0 Å². The fourth-order valence-electron chi connectivity index (χ4n) is 4.42. The van der Waals surface area contributed by atoms with Crippen LogP contribution in [-0.2, 0) is 27.5 Å². The van der Waals surface area contributed by atoms with Gasteiger partial charge in [0.05, 0.1) is 23.0 Å². The van der Waals surface area contributed by atoms with Crippen LogP contribution in [0.25, 0.3) is 0 Å². The molecule has 0 unspecified atom stereocenters. The predicted molar refractivity (Wildman–Crippen MR) is 126 cm³/mol. The number of aliphatic hydroxyl groups excluding tert-OH is 1. The fourth-order valence-corrected chi connectivity index (χ4v) is 5.55. The Morgan fingerprint density at radius 2 is 1.97 bits per heavy atom. The maximum Gasteiger partial charge on any atom is 0.356 e. The summed E-state index contributed by atoms with van der Waals surface area (Å²) in [5.74, 6) is -0.990. The molecule has 190 valence electrons. The van der Waals surface area contributed by atoms with Crippen molar-refractivity contribution in [1.29, 1.82) is 0 Å². The van der Waals surface area contributed by atoms with Gasteiger partial charge < -0.3 is 24.9 Å². The number of aryl methyl sites for hydroxylation is 1. The number of benzene rings is 1. The molecule has 4 rings (SSSR count). The first-order valence-corrected chi connectivity index (χ1v) is 12.0. The average Bonchev–Trinajstić information content (AvgIpc) is 3.35. The zero-order chi connectivity index (χ0) is 26.1. The van der Waals surface area contributed by atoms with Crippen LogP contribution in [0.4, 0.5) is 11.5 Å². The van der Waals surface area contributed by atoms with Crippen molar-refractivity contribution < 1.29 is 29.3 Å². The summed E-state index contributed by atoms with van der Waals surface area (Å²) in [7, 11) is 0. The Labute approximate surface area is 209 Å². The van der Waals surface area contributed by atoms with E-state index in [0.717, 1.165) is 0 Å². The summed E-state index contributed by atoms with van der Waals surface area (Å²) in [6.45, 7) is 3.30. The van der Waals surface area contributed by atoms with Gasteiger partial charge in [0, 0.05) is 36.1 Å². The Morgan fingerprint density at radius 1 is 1.28 bits per heavy atom. The monoisotopic (exact) mass is 517 g/mol. The number of hydrogen-bond acceptors (Lipinski definition) is 10. The van der Waals surface area contributed by atoms with E-state index in [1.807, 2.05) is 0 Å². The second-order valence-corrected chi connectivity index (χ2v) is 9.63. The Morgan fingerprint density at radius 3 is 2.58 bits per heavy atom. The summed E-state index contributed by atoms with van der Waals surface area (Å²) in [5.41, 5.74) is 0.553. The number of nitrogens with zero attached hydrogens (tertiary/aromatic N) is 5. The van der Waals surface area contributed by atoms with Crippen molar-refractivity contribution in [2.45, 2.75) is 45.6 Å². The molecule has 2 aromatic rings. The highest BCUT2D eigenvalue weighted by Gasteiger charge is 2.57. The molecule has 3 heterocycles. The Hall–Kier alpha value is -3.78. The predicted octanol–water partition coefficient (Wildman–Crippen LogP) is 2.31. The van der Waals surface area contributed by atoms with E-state index in [1.165, 1.54) is 58.6 Å². The molecule has 1 fully saturated rings. The molecule has 1 aromatic heterocycles. The van der Waals surface area contributed by atoms with E-state index in [1.54, 1.807) is 6.92 Å². The highest BCUT2D eigenvalue weighted by Crippen LogP contribution is 2.47. The van der Waals surface area contributed by atoms with Crippen molar-refractivity contribution in [1.82, 2.24) is 14.5 Å². The number of thioether (sulfide) groups is 1. The lowest BCUT2D eigenvalue weighted by Crippen LogP contribution is -2.61. The zero-order valence-corrected chi connectivity index (χ0v) is 20.2. The van der Waals surface area contributed by atoms with E-state index >= 15 is 0 Å². The van der Waals surface area contributed by atoms with E-state index < -0.39 is 27.8 Å². The Kier molecular flexibility index (Phi) is 7.08. The van der Waals surface area contributed by atoms with Crippen molar-refractivity contribution in [2.75, 3.05) is 5.75 Å². The summed E-state index contributed by atoms with van der Waals surface area (Å²) in [6.07, 6.45) is 0.670. The first-order valence-electron chi connectivity index (χ1n) is 11.0. The SMILES string of the molecule is Cc1ncc([N+](=O)[O-])n1CCSC1=C(C(=O)OCc2ccc([N+](=O)[O-])cc2)N2C(=O)[C@H]([C@H](C)O)[C@H]2C1. The minimum Gasteiger partial charge on any atom is -0.456 e. The van der Waals surface area contributed by atoms with Crippen molar-refractivity contribution in [3.8, 4) is 0 Å². The van der Waals surface area contributed by atoms with Gasteiger partial charge in [-0.2, -0.15) is 0 Å². The number of rotatable bonds is 10. The standard InChI is InChI=1S/C22H23N5O8S/c1-12(28)19-16-9-17(36-8-7-24-13(2)23-10-18(24)27(33)34)20(25(16)21(19)29)22(30)35-11-14-3-5-15(6-4-14)26(31)32/h3-6,10,12,16,19,28H,7-9,11H2,1-2H3/t12-,16+,19+/m0/s1. The first-order chi connectivity index (χ1) is 17.1. The molecule has 14 heteroatoms. The van der Waals surface area contributed by atoms with Gasteiger partial charge in [-0.15, -0.1) is 11.8 Å². The smallest absolute Gasteiger partial charge is 0.356 e. The molecule has 1 aromatic carbocycles. The van der Waals surface area contributed by atoms with E-state index in [4.69, 9.17) is 4.74 Å². The second kappa shape index (κ2) is 10.1. The number of β-lactam (4-membered cyclic amide) rings is 1. The molecule has 0 spiro atoms. The summed E-state index contributed by atoms with van der Waals surface area (Å²) in [5, 5.41) is 32.1. The molecule has 2 aliphatic rings. The van der Waals surface area contributed by atoms with Crippen LogP contribution in [0.2, 0.25) is 0 Å². The lowest BCUT2D eigenvalue weighted by molar-refractivity contribution is -0.392. The number of aliphatic hydroxyl groups is 1. The molecule has 3 atom stereocenters. The lowest BCUT2D eigenvalue weighted by atomic mass is 9.83. The fraction of sp³-hybridized carbons (Fsp3) is 0.409. The molecule has 0 bridgehead atoms. The van der Waals surface area contributed by atoms with Crippen LogP contribution in [0, 0.1) is 33.1 Å². The van der Waals surface area contributed by atoms with Gasteiger partial charge in [0.25, 0.3) is 5.69 Å². The number of fused-ring (bicyclic) bond motifs is 1. The van der Waals surface area contributed by atoms with Gasteiger partial charge in [0.2, 0.25) is 5.91 Å². The number of nitro groups is 2. The molecule has 0 saturated carbocycles. The molecule has 2 aliphatic heterocycles. The minimum atomic E-state index is -0.878. The van der Waals surface area contributed by atoms with Crippen molar-refractivity contribution in [3.05, 3.63) is 72.7 Å². The number of hydrogen-bond donors (Lipinski definition) is 1. The van der Waals surface area contributed by atoms with Crippen molar-refractivity contribution in [3.63, 3.8) is 0 Å². The number of non-ortho nitro benzene ring substituents is 1. The number of ether oxygens (including phenoxy) is 1. The van der Waals surface area contributed by atoms with Crippen LogP contribution < -0.4 is 0 Å².